The summed E-state index contributed by atoms with van der Waals surface area (Å²) in [4.78, 5) is 12.7. The molecule has 0 saturated carbocycles. The fourth-order valence-corrected chi connectivity index (χ4v) is 2.40. The van der Waals surface area contributed by atoms with Gasteiger partial charge in [-0.1, -0.05) is 5.16 Å². The standard InChI is InChI=1S/C13H16N2O5/c1-7-4-9(14-18)8-5-11(19-2)12(20-3)6-10(8)15(7)13(16)17/h5-7,18H,4H2,1-3H3,(H,16,17)/b14-9-. The molecule has 108 valence electrons. The summed E-state index contributed by atoms with van der Waals surface area (Å²) in [6.45, 7) is 1.75. The number of anilines is 1. The van der Waals surface area contributed by atoms with Gasteiger partial charge in [-0.3, -0.25) is 4.90 Å². The van der Waals surface area contributed by atoms with Crippen molar-refractivity contribution >= 4 is 17.5 Å². The van der Waals surface area contributed by atoms with Crippen LogP contribution in [0.15, 0.2) is 17.3 Å². The lowest BCUT2D eigenvalue weighted by molar-refractivity contribution is 0.199. The summed E-state index contributed by atoms with van der Waals surface area (Å²) in [5.74, 6) is 0.871. The summed E-state index contributed by atoms with van der Waals surface area (Å²) in [5.41, 5.74) is 1.36. The highest BCUT2D eigenvalue weighted by molar-refractivity contribution is 6.11. The van der Waals surface area contributed by atoms with Crippen molar-refractivity contribution < 1.29 is 24.6 Å². The molecule has 0 bridgehead atoms. The fraction of sp³-hybridized carbons (Fsp3) is 0.385. The Bertz CT molecular complexity index is 570. The van der Waals surface area contributed by atoms with E-state index in [0.717, 1.165) is 0 Å². The van der Waals surface area contributed by atoms with Crippen molar-refractivity contribution in [1.82, 2.24) is 0 Å². The third-order valence-corrected chi connectivity index (χ3v) is 3.33. The fourth-order valence-electron chi connectivity index (χ4n) is 2.40. The number of fused-ring (bicyclic) bond motifs is 1. The number of hydrogen-bond donors (Lipinski definition) is 2. The van der Waals surface area contributed by atoms with Crippen LogP contribution in [0.5, 0.6) is 11.5 Å². The lowest BCUT2D eigenvalue weighted by Crippen LogP contribution is -2.43. The van der Waals surface area contributed by atoms with Crippen molar-refractivity contribution in [2.75, 3.05) is 19.1 Å². The van der Waals surface area contributed by atoms with Gasteiger partial charge in [-0.05, 0) is 13.0 Å². The minimum atomic E-state index is -1.07. The van der Waals surface area contributed by atoms with Crippen LogP contribution < -0.4 is 14.4 Å². The SMILES string of the molecule is COc1cc2c(cc1OC)N(C(=O)O)C(C)C/C2=N/O. The Morgan fingerprint density at radius 3 is 2.45 bits per heavy atom. The molecule has 0 spiro atoms. The molecule has 1 aliphatic rings. The van der Waals surface area contributed by atoms with Gasteiger partial charge < -0.3 is 19.8 Å². The molecule has 0 fully saturated rings. The molecule has 1 atom stereocenters. The molecule has 1 heterocycles. The largest absolute Gasteiger partial charge is 0.493 e. The summed E-state index contributed by atoms with van der Waals surface area (Å²) < 4.78 is 10.4. The van der Waals surface area contributed by atoms with Crippen LogP contribution in [0, 0.1) is 0 Å². The molecule has 1 unspecified atom stereocenters. The number of hydrogen-bond acceptors (Lipinski definition) is 5. The normalized spacial score (nSPS) is 19.6. The summed E-state index contributed by atoms with van der Waals surface area (Å²) >= 11 is 0. The number of nitrogens with zero attached hydrogens (tertiary/aromatic N) is 2. The Labute approximate surface area is 116 Å². The molecule has 0 aliphatic carbocycles. The van der Waals surface area contributed by atoms with E-state index in [1.807, 2.05) is 0 Å². The van der Waals surface area contributed by atoms with E-state index < -0.39 is 6.09 Å². The van der Waals surface area contributed by atoms with Crippen molar-refractivity contribution in [2.24, 2.45) is 5.16 Å². The quantitative estimate of drug-likeness (QED) is 0.639. The highest BCUT2D eigenvalue weighted by Gasteiger charge is 2.33. The Morgan fingerprint density at radius 1 is 1.35 bits per heavy atom. The molecule has 0 radical (unpaired) electrons. The van der Waals surface area contributed by atoms with E-state index in [9.17, 15) is 9.90 Å². The molecule has 20 heavy (non-hydrogen) atoms. The lowest BCUT2D eigenvalue weighted by Gasteiger charge is -2.33. The Kier molecular flexibility index (Phi) is 3.69. The lowest BCUT2D eigenvalue weighted by atomic mass is 9.94. The summed E-state index contributed by atoms with van der Waals surface area (Å²) in [7, 11) is 2.96. The van der Waals surface area contributed by atoms with Crippen LogP contribution >= 0.6 is 0 Å². The second kappa shape index (κ2) is 5.28. The number of benzene rings is 1. The van der Waals surface area contributed by atoms with Gasteiger partial charge >= 0.3 is 6.09 Å². The zero-order valence-corrected chi connectivity index (χ0v) is 11.5. The second-order valence-electron chi connectivity index (χ2n) is 4.48. The van der Waals surface area contributed by atoms with Crippen molar-refractivity contribution in [1.29, 1.82) is 0 Å². The van der Waals surface area contributed by atoms with Gasteiger partial charge in [-0.25, -0.2) is 4.79 Å². The van der Waals surface area contributed by atoms with E-state index in [1.165, 1.54) is 19.1 Å². The number of oxime groups is 1. The summed E-state index contributed by atoms with van der Waals surface area (Å²) in [5, 5.41) is 21.7. The predicted molar refractivity (Wildman–Crippen MR) is 72.5 cm³/mol. The number of carboxylic acid groups (broad SMARTS) is 1. The Balaban J connectivity index is 2.69. The smallest absolute Gasteiger partial charge is 0.412 e. The molecule has 1 aliphatic heterocycles. The number of ether oxygens (including phenoxy) is 2. The molecule has 2 N–H and O–H groups in total. The molecular formula is C13H16N2O5. The van der Waals surface area contributed by atoms with Crippen LogP contribution in [0.4, 0.5) is 10.5 Å². The number of methoxy groups -OCH3 is 2. The molecule has 1 aromatic carbocycles. The zero-order valence-electron chi connectivity index (χ0n) is 11.5. The Hall–Kier alpha value is -2.44. The predicted octanol–water partition coefficient (Wildman–Crippen LogP) is 2.16. The van der Waals surface area contributed by atoms with Crippen molar-refractivity contribution in [2.45, 2.75) is 19.4 Å². The molecule has 7 nitrogen and oxygen atoms in total. The van der Waals surface area contributed by atoms with E-state index in [-0.39, 0.29) is 6.04 Å². The van der Waals surface area contributed by atoms with E-state index in [4.69, 9.17) is 14.7 Å². The van der Waals surface area contributed by atoms with Gasteiger partial charge in [0, 0.05) is 24.1 Å². The van der Waals surface area contributed by atoms with Crippen molar-refractivity contribution in [3.63, 3.8) is 0 Å². The minimum Gasteiger partial charge on any atom is -0.493 e. The highest BCUT2D eigenvalue weighted by Crippen LogP contribution is 2.39. The van der Waals surface area contributed by atoms with Crippen LogP contribution in [0.2, 0.25) is 0 Å². The molecule has 0 saturated heterocycles. The number of rotatable bonds is 2. The maximum Gasteiger partial charge on any atom is 0.412 e. The molecule has 1 amide bonds. The van der Waals surface area contributed by atoms with Crippen LogP contribution in [0.3, 0.4) is 0 Å². The average Bonchev–Trinajstić information content (AvgIpc) is 2.44. The number of amides is 1. The monoisotopic (exact) mass is 280 g/mol. The molecule has 0 aromatic heterocycles. The van der Waals surface area contributed by atoms with E-state index in [0.29, 0.717) is 34.9 Å². The van der Waals surface area contributed by atoms with Gasteiger partial charge in [0.2, 0.25) is 0 Å². The van der Waals surface area contributed by atoms with E-state index in [1.54, 1.807) is 19.1 Å². The maximum absolute atomic E-state index is 11.4. The molecule has 7 heteroatoms. The highest BCUT2D eigenvalue weighted by atomic mass is 16.5. The van der Waals surface area contributed by atoms with Gasteiger partial charge in [-0.2, -0.15) is 0 Å². The van der Waals surface area contributed by atoms with Crippen molar-refractivity contribution in [3.05, 3.63) is 17.7 Å². The maximum atomic E-state index is 11.4. The average molecular weight is 280 g/mol. The van der Waals surface area contributed by atoms with Crippen LogP contribution in [0.1, 0.15) is 18.9 Å². The zero-order chi connectivity index (χ0) is 14.9. The van der Waals surface area contributed by atoms with Gasteiger partial charge in [0.25, 0.3) is 0 Å². The molecule has 1 aromatic rings. The van der Waals surface area contributed by atoms with Gasteiger partial charge in [-0.15, -0.1) is 0 Å². The van der Waals surface area contributed by atoms with Crippen LogP contribution in [-0.4, -0.2) is 42.4 Å². The summed E-state index contributed by atoms with van der Waals surface area (Å²) in [6, 6.07) is 2.86. The molecule has 2 rings (SSSR count). The van der Waals surface area contributed by atoms with E-state index in [2.05, 4.69) is 5.16 Å². The first-order valence-corrected chi connectivity index (χ1v) is 6.03. The van der Waals surface area contributed by atoms with E-state index >= 15 is 0 Å². The summed E-state index contributed by atoms with van der Waals surface area (Å²) in [6.07, 6.45) is -0.742. The van der Waals surface area contributed by atoms with Crippen LogP contribution in [0.25, 0.3) is 0 Å². The van der Waals surface area contributed by atoms with Crippen LogP contribution in [-0.2, 0) is 0 Å². The topological polar surface area (TPSA) is 91.6 Å². The Morgan fingerprint density at radius 2 is 1.95 bits per heavy atom. The third kappa shape index (κ3) is 2.11. The second-order valence-corrected chi connectivity index (χ2v) is 4.48. The first-order valence-electron chi connectivity index (χ1n) is 6.03. The molecular weight excluding hydrogens is 264 g/mol. The third-order valence-electron chi connectivity index (χ3n) is 3.33. The van der Waals surface area contributed by atoms with Gasteiger partial charge in [0.15, 0.2) is 11.5 Å². The first kappa shape index (κ1) is 14.0. The van der Waals surface area contributed by atoms with Crippen molar-refractivity contribution in [3.8, 4) is 11.5 Å². The first-order chi connectivity index (χ1) is 9.53. The minimum absolute atomic E-state index is 0.325. The van der Waals surface area contributed by atoms with Gasteiger partial charge in [0.1, 0.15) is 0 Å². The van der Waals surface area contributed by atoms with Gasteiger partial charge in [0.05, 0.1) is 25.6 Å². The number of carbonyl (C=O) groups is 1.